The fourth-order valence-corrected chi connectivity index (χ4v) is 3.13. The lowest BCUT2D eigenvalue weighted by molar-refractivity contribution is -0.121. The van der Waals surface area contributed by atoms with E-state index in [0.29, 0.717) is 5.92 Å². The van der Waals surface area contributed by atoms with Crippen molar-refractivity contribution in [3.05, 3.63) is 51.5 Å². The van der Waals surface area contributed by atoms with Crippen molar-refractivity contribution in [2.45, 2.75) is 45.6 Å². The van der Waals surface area contributed by atoms with E-state index in [-0.39, 0.29) is 25.0 Å². The van der Waals surface area contributed by atoms with Gasteiger partial charge in [0.1, 0.15) is 0 Å². The first-order valence-electron chi connectivity index (χ1n) is 7.96. The molecule has 0 fully saturated rings. The third kappa shape index (κ3) is 4.88. The average Bonchev–Trinajstić information content (AvgIpc) is 3.01. The molecule has 4 nitrogen and oxygen atoms in total. The van der Waals surface area contributed by atoms with Crippen molar-refractivity contribution in [1.82, 2.24) is 10.3 Å². The Balaban J connectivity index is 1.98. The number of nitrogens with zero attached hydrogens (tertiary/aromatic N) is 1. The highest BCUT2D eigenvalue weighted by molar-refractivity contribution is 7.09. The molecule has 1 atom stereocenters. The second-order valence-corrected chi connectivity index (χ2v) is 6.80. The second-order valence-electron chi connectivity index (χ2n) is 5.91. The first-order chi connectivity index (χ1) is 11.0. The molecule has 2 aromatic rings. The lowest BCUT2D eigenvalue weighted by Crippen LogP contribution is -2.32. The van der Waals surface area contributed by atoms with Crippen LogP contribution < -0.4 is 5.32 Å². The van der Waals surface area contributed by atoms with E-state index in [0.717, 1.165) is 22.7 Å². The highest BCUT2D eigenvalue weighted by Gasteiger charge is 2.15. The number of rotatable bonds is 7. The number of carbonyl (C=O) groups is 1. The Kier molecular flexibility index (Phi) is 6.30. The summed E-state index contributed by atoms with van der Waals surface area (Å²) in [4.78, 5) is 16.7. The number of thiazole rings is 1. The Hall–Kier alpha value is -1.72. The molecule has 0 aliphatic carbocycles. The maximum atomic E-state index is 12.2. The monoisotopic (exact) mass is 332 g/mol. The molecule has 0 radical (unpaired) electrons. The SMILES string of the molecule is CCc1ccc(C(CO)NC(=O)Cc2csc(C(C)C)n2)cc1. The van der Waals surface area contributed by atoms with Crippen LogP contribution in [0.5, 0.6) is 0 Å². The molecule has 1 heterocycles. The van der Waals surface area contributed by atoms with Gasteiger partial charge in [0.15, 0.2) is 0 Å². The van der Waals surface area contributed by atoms with E-state index >= 15 is 0 Å². The molecule has 1 aromatic heterocycles. The number of aryl methyl sites for hydroxylation is 1. The number of hydrogen-bond acceptors (Lipinski definition) is 4. The van der Waals surface area contributed by atoms with Crippen molar-refractivity contribution >= 4 is 17.2 Å². The van der Waals surface area contributed by atoms with Gasteiger partial charge in [0.2, 0.25) is 5.91 Å². The van der Waals surface area contributed by atoms with Crippen molar-refractivity contribution in [1.29, 1.82) is 0 Å². The van der Waals surface area contributed by atoms with Gasteiger partial charge in [-0.1, -0.05) is 45.0 Å². The zero-order valence-corrected chi connectivity index (χ0v) is 14.7. The van der Waals surface area contributed by atoms with Crippen LogP contribution >= 0.6 is 11.3 Å². The van der Waals surface area contributed by atoms with Crippen LogP contribution in [0, 0.1) is 0 Å². The molecule has 2 N–H and O–H groups in total. The van der Waals surface area contributed by atoms with Crippen LogP contribution in [0.4, 0.5) is 0 Å². The number of nitrogens with one attached hydrogen (secondary N) is 1. The largest absolute Gasteiger partial charge is 0.394 e. The lowest BCUT2D eigenvalue weighted by atomic mass is 10.0. The van der Waals surface area contributed by atoms with Crippen molar-refractivity contribution < 1.29 is 9.90 Å². The van der Waals surface area contributed by atoms with E-state index in [1.165, 1.54) is 5.56 Å². The number of aliphatic hydroxyl groups is 1. The van der Waals surface area contributed by atoms with Gasteiger partial charge in [0.25, 0.3) is 0 Å². The number of carbonyl (C=O) groups excluding carboxylic acids is 1. The molecule has 0 aliphatic rings. The number of aromatic nitrogens is 1. The highest BCUT2D eigenvalue weighted by Crippen LogP contribution is 2.20. The van der Waals surface area contributed by atoms with Crippen LogP contribution in [0.3, 0.4) is 0 Å². The number of hydrogen-bond donors (Lipinski definition) is 2. The standard InChI is InChI=1S/C18H24N2O2S/c1-4-13-5-7-14(8-6-13)16(10-21)20-17(22)9-15-11-23-18(19-15)12(2)3/h5-8,11-12,16,21H,4,9-10H2,1-3H3,(H,20,22). The van der Waals surface area contributed by atoms with Crippen LogP contribution in [0.25, 0.3) is 0 Å². The predicted molar refractivity (Wildman–Crippen MR) is 93.7 cm³/mol. The first-order valence-corrected chi connectivity index (χ1v) is 8.84. The van der Waals surface area contributed by atoms with Crippen molar-refractivity contribution in [2.24, 2.45) is 0 Å². The average molecular weight is 332 g/mol. The molecule has 2 rings (SSSR count). The molecule has 0 aliphatic heterocycles. The van der Waals surface area contributed by atoms with Gasteiger partial charge in [-0.05, 0) is 17.5 Å². The fraction of sp³-hybridized carbons (Fsp3) is 0.444. The van der Waals surface area contributed by atoms with Crippen LogP contribution in [0.2, 0.25) is 0 Å². The molecule has 0 saturated carbocycles. The zero-order valence-electron chi connectivity index (χ0n) is 13.9. The van der Waals surface area contributed by atoms with E-state index in [1.54, 1.807) is 11.3 Å². The highest BCUT2D eigenvalue weighted by atomic mass is 32.1. The summed E-state index contributed by atoms with van der Waals surface area (Å²) in [6.07, 6.45) is 1.21. The van der Waals surface area contributed by atoms with Crippen LogP contribution in [-0.4, -0.2) is 22.6 Å². The molecule has 0 spiro atoms. The summed E-state index contributed by atoms with van der Waals surface area (Å²) in [6, 6.07) is 7.59. The minimum absolute atomic E-state index is 0.120. The molecule has 1 aromatic carbocycles. The summed E-state index contributed by atoms with van der Waals surface area (Å²) >= 11 is 1.58. The van der Waals surface area contributed by atoms with E-state index in [2.05, 4.69) is 31.1 Å². The van der Waals surface area contributed by atoms with Crippen molar-refractivity contribution in [2.75, 3.05) is 6.61 Å². The lowest BCUT2D eigenvalue weighted by Gasteiger charge is -2.17. The summed E-state index contributed by atoms with van der Waals surface area (Å²) in [5.74, 6) is 0.253. The summed E-state index contributed by atoms with van der Waals surface area (Å²) in [5.41, 5.74) is 2.94. The maximum absolute atomic E-state index is 12.2. The second kappa shape index (κ2) is 8.22. The van der Waals surface area contributed by atoms with Gasteiger partial charge in [-0.3, -0.25) is 4.79 Å². The molecular weight excluding hydrogens is 308 g/mol. The Morgan fingerprint density at radius 3 is 2.52 bits per heavy atom. The quantitative estimate of drug-likeness (QED) is 0.818. The van der Waals surface area contributed by atoms with Crippen LogP contribution in [0.1, 0.15) is 54.6 Å². The Morgan fingerprint density at radius 1 is 1.30 bits per heavy atom. The number of aliphatic hydroxyl groups excluding tert-OH is 1. The van der Waals surface area contributed by atoms with Crippen molar-refractivity contribution in [3.63, 3.8) is 0 Å². The fourth-order valence-electron chi connectivity index (χ4n) is 2.30. The number of amides is 1. The van der Waals surface area contributed by atoms with Gasteiger partial charge in [0, 0.05) is 11.3 Å². The molecule has 0 bridgehead atoms. The molecule has 1 amide bonds. The Bertz CT molecular complexity index is 635. The third-order valence-corrected chi connectivity index (χ3v) is 4.91. The summed E-state index contributed by atoms with van der Waals surface area (Å²) in [6.45, 7) is 6.15. The van der Waals surface area contributed by atoms with Gasteiger partial charge >= 0.3 is 0 Å². The van der Waals surface area contributed by atoms with Gasteiger partial charge < -0.3 is 10.4 Å². The molecule has 23 heavy (non-hydrogen) atoms. The molecule has 1 unspecified atom stereocenters. The third-order valence-electron chi connectivity index (χ3n) is 3.71. The van der Waals surface area contributed by atoms with Crippen LogP contribution in [0.15, 0.2) is 29.6 Å². The molecule has 124 valence electrons. The Morgan fingerprint density at radius 2 is 2.00 bits per heavy atom. The first kappa shape index (κ1) is 17.6. The minimum atomic E-state index is -0.378. The zero-order chi connectivity index (χ0) is 16.8. The van der Waals surface area contributed by atoms with E-state index < -0.39 is 0 Å². The molecular formula is C18H24N2O2S. The minimum Gasteiger partial charge on any atom is -0.394 e. The van der Waals surface area contributed by atoms with Gasteiger partial charge in [0.05, 0.1) is 29.8 Å². The van der Waals surface area contributed by atoms with Gasteiger partial charge in [-0.15, -0.1) is 11.3 Å². The van der Waals surface area contributed by atoms with Crippen LogP contribution in [-0.2, 0) is 17.6 Å². The van der Waals surface area contributed by atoms with E-state index in [4.69, 9.17) is 0 Å². The van der Waals surface area contributed by atoms with E-state index in [1.807, 2.05) is 29.6 Å². The summed E-state index contributed by atoms with van der Waals surface area (Å²) < 4.78 is 0. The van der Waals surface area contributed by atoms with E-state index in [9.17, 15) is 9.90 Å². The summed E-state index contributed by atoms with van der Waals surface area (Å²) in [7, 11) is 0. The van der Waals surface area contributed by atoms with Gasteiger partial charge in [-0.25, -0.2) is 4.98 Å². The number of benzene rings is 1. The Labute approximate surface area is 141 Å². The normalized spacial score (nSPS) is 12.4. The smallest absolute Gasteiger partial charge is 0.226 e. The van der Waals surface area contributed by atoms with Gasteiger partial charge in [-0.2, -0.15) is 0 Å². The van der Waals surface area contributed by atoms with Crippen molar-refractivity contribution in [3.8, 4) is 0 Å². The predicted octanol–water partition coefficient (Wildman–Crippen LogP) is 3.22. The summed E-state index contributed by atoms with van der Waals surface area (Å²) in [5, 5.41) is 15.4. The maximum Gasteiger partial charge on any atom is 0.226 e. The molecule has 5 heteroatoms. The topological polar surface area (TPSA) is 62.2 Å². The molecule has 0 saturated heterocycles.